The number of amides is 2. The van der Waals surface area contributed by atoms with Crippen LogP contribution in [0, 0.1) is 5.92 Å². The van der Waals surface area contributed by atoms with Crippen LogP contribution < -0.4 is 9.62 Å². The van der Waals surface area contributed by atoms with Crippen molar-refractivity contribution in [2.45, 2.75) is 6.92 Å². The van der Waals surface area contributed by atoms with Gasteiger partial charge >= 0.3 is 5.97 Å². The number of rotatable bonds is 4. The average molecular weight is 437 g/mol. The zero-order valence-electron chi connectivity index (χ0n) is 15.5. The van der Waals surface area contributed by atoms with Crippen LogP contribution in [0.1, 0.15) is 27.6 Å². The summed E-state index contributed by atoms with van der Waals surface area (Å²) in [6.45, 7) is 1.52. The summed E-state index contributed by atoms with van der Waals surface area (Å²) in [4.78, 5) is 36.9. The number of benzene rings is 2. The quantitative estimate of drug-likeness (QED) is 0.738. The van der Waals surface area contributed by atoms with E-state index in [1.807, 2.05) is 0 Å². The largest absolute Gasteiger partial charge is 0.465 e. The zero-order valence-corrected chi connectivity index (χ0v) is 17.1. The number of carbonyl (C=O) groups excluding carboxylic acids is 3. The molecule has 1 aliphatic heterocycles. The fourth-order valence-electron chi connectivity index (χ4n) is 2.97. The SMILES string of the molecule is COC(=O)c1ccccc1NC(=O)c1cc(N2C(=O)C(C)CS2(=O)=O)ccc1Cl. The number of nitrogens with zero attached hydrogens (tertiary/aromatic N) is 1. The maximum absolute atomic E-state index is 12.8. The average Bonchev–Trinajstić information content (AvgIpc) is 2.89. The Labute approximate surface area is 172 Å². The smallest absolute Gasteiger partial charge is 0.339 e. The highest BCUT2D eigenvalue weighted by atomic mass is 35.5. The fourth-order valence-corrected chi connectivity index (χ4v) is 4.99. The Balaban J connectivity index is 1.97. The molecule has 1 aliphatic rings. The third kappa shape index (κ3) is 3.96. The lowest BCUT2D eigenvalue weighted by Crippen LogP contribution is -2.30. The second kappa shape index (κ2) is 7.84. The van der Waals surface area contributed by atoms with Crippen LogP contribution in [-0.4, -0.2) is 39.1 Å². The van der Waals surface area contributed by atoms with Crippen molar-refractivity contribution >= 4 is 50.8 Å². The van der Waals surface area contributed by atoms with Gasteiger partial charge < -0.3 is 10.1 Å². The second-order valence-corrected chi connectivity index (χ2v) is 8.71. The zero-order chi connectivity index (χ0) is 21.3. The predicted octanol–water partition coefficient (Wildman–Crippen LogP) is 2.69. The number of anilines is 2. The maximum Gasteiger partial charge on any atom is 0.339 e. The van der Waals surface area contributed by atoms with E-state index in [0.717, 1.165) is 0 Å². The van der Waals surface area contributed by atoms with Gasteiger partial charge in [0.25, 0.3) is 5.91 Å². The lowest BCUT2D eigenvalue weighted by atomic mass is 10.1. The molecule has 1 fully saturated rings. The number of methoxy groups -OCH3 is 1. The fraction of sp³-hybridized carbons (Fsp3) is 0.211. The molecule has 0 saturated carbocycles. The molecule has 0 radical (unpaired) electrons. The molecule has 29 heavy (non-hydrogen) atoms. The molecule has 3 rings (SSSR count). The van der Waals surface area contributed by atoms with Crippen molar-refractivity contribution in [1.29, 1.82) is 0 Å². The molecule has 1 saturated heterocycles. The molecule has 0 aromatic heterocycles. The van der Waals surface area contributed by atoms with Crippen molar-refractivity contribution in [1.82, 2.24) is 0 Å². The van der Waals surface area contributed by atoms with E-state index in [4.69, 9.17) is 16.3 Å². The van der Waals surface area contributed by atoms with Gasteiger partial charge in [-0.2, -0.15) is 0 Å². The Morgan fingerprint density at radius 2 is 1.86 bits per heavy atom. The Morgan fingerprint density at radius 3 is 2.48 bits per heavy atom. The number of halogens is 1. The summed E-state index contributed by atoms with van der Waals surface area (Å²) in [7, 11) is -2.61. The van der Waals surface area contributed by atoms with E-state index in [2.05, 4.69) is 5.32 Å². The third-order valence-electron chi connectivity index (χ3n) is 4.37. The first-order chi connectivity index (χ1) is 13.7. The molecular weight excluding hydrogens is 420 g/mol. The van der Waals surface area contributed by atoms with Gasteiger partial charge in [-0.25, -0.2) is 17.5 Å². The minimum atomic E-state index is -3.83. The summed E-state index contributed by atoms with van der Waals surface area (Å²) in [5.41, 5.74) is 0.313. The Kier molecular flexibility index (Phi) is 5.63. The highest BCUT2D eigenvalue weighted by Crippen LogP contribution is 2.31. The second-order valence-electron chi connectivity index (χ2n) is 6.44. The van der Waals surface area contributed by atoms with E-state index in [0.29, 0.717) is 4.31 Å². The number of esters is 1. The van der Waals surface area contributed by atoms with E-state index < -0.39 is 33.7 Å². The number of carbonyl (C=O) groups is 3. The van der Waals surface area contributed by atoms with Gasteiger partial charge in [-0.15, -0.1) is 0 Å². The number of ether oxygens (including phenoxy) is 1. The lowest BCUT2D eigenvalue weighted by Gasteiger charge is -2.17. The van der Waals surface area contributed by atoms with Gasteiger partial charge in [-0.05, 0) is 30.3 Å². The van der Waals surface area contributed by atoms with Crippen molar-refractivity contribution in [2.75, 3.05) is 22.5 Å². The predicted molar refractivity (Wildman–Crippen MR) is 108 cm³/mol. The molecule has 0 spiro atoms. The van der Waals surface area contributed by atoms with Gasteiger partial charge in [0.2, 0.25) is 15.9 Å². The first kappa shape index (κ1) is 20.8. The van der Waals surface area contributed by atoms with Gasteiger partial charge in [-0.3, -0.25) is 9.59 Å². The number of nitrogens with one attached hydrogen (secondary N) is 1. The van der Waals surface area contributed by atoms with Crippen LogP contribution in [0.5, 0.6) is 0 Å². The molecule has 2 aromatic rings. The molecule has 1 N–H and O–H groups in total. The minimum Gasteiger partial charge on any atom is -0.465 e. The van der Waals surface area contributed by atoms with Crippen molar-refractivity contribution < 1.29 is 27.5 Å². The summed E-state index contributed by atoms with van der Waals surface area (Å²) in [5, 5.41) is 2.62. The summed E-state index contributed by atoms with van der Waals surface area (Å²) >= 11 is 6.12. The van der Waals surface area contributed by atoms with Crippen LogP contribution >= 0.6 is 11.6 Å². The van der Waals surface area contributed by atoms with E-state index in [1.54, 1.807) is 12.1 Å². The Bertz CT molecular complexity index is 1120. The number of hydrogen-bond acceptors (Lipinski definition) is 6. The standard InChI is InChI=1S/C19H17ClN2O6S/c1-11-10-29(26,27)22(18(11)24)12-7-8-15(20)14(9-12)17(23)21-16-6-4-3-5-13(16)19(25)28-2/h3-9,11H,10H2,1-2H3,(H,21,23). The van der Waals surface area contributed by atoms with Gasteiger partial charge in [0.15, 0.2) is 0 Å². The van der Waals surface area contributed by atoms with Gasteiger partial charge in [0, 0.05) is 0 Å². The van der Waals surface area contributed by atoms with Crippen molar-refractivity contribution in [2.24, 2.45) is 5.92 Å². The number of hydrogen-bond donors (Lipinski definition) is 1. The summed E-state index contributed by atoms with van der Waals surface area (Å²) in [6.07, 6.45) is 0. The lowest BCUT2D eigenvalue weighted by molar-refractivity contribution is -0.119. The molecule has 1 unspecified atom stereocenters. The minimum absolute atomic E-state index is 0.0233. The van der Waals surface area contributed by atoms with Crippen LogP contribution in [0.15, 0.2) is 42.5 Å². The molecular formula is C19H17ClN2O6S. The molecule has 1 atom stereocenters. The molecule has 0 aliphatic carbocycles. The summed E-state index contributed by atoms with van der Waals surface area (Å²) in [5.74, 6) is -2.87. The number of sulfonamides is 1. The van der Waals surface area contributed by atoms with Crippen LogP contribution in [0.4, 0.5) is 11.4 Å². The molecule has 1 heterocycles. The topological polar surface area (TPSA) is 110 Å². The molecule has 152 valence electrons. The number of para-hydroxylation sites is 1. The molecule has 0 bridgehead atoms. The Hall–Kier alpha value is -2.91. The van der Waals surface area contributed by atoms with E-state index in [9.17, 15) is 22.8 Å². The van der Waals surface area contributed by atoms with Gasteiger partial charge in [0.05, 0.1) is 46.3 Å². The summed E-state index contributed by atoms with van der Waals surface area (Å²) < 4.78 is 30.0. The summed E-state index contributed by atoms with van der Waals surface area (Å²) in [6, 6.07) is 10.1. The van der Waals surface area contributed by atoms with E-state index in [1.165, 1.54) is 44.4 Å². The van der Waals surface area contributed by atoms with Crippen LogP contribution in [0.2, 0.25) is 5.02 Å². The molecule has 8 nitrogen and oxygen atoms in total. The van der Waals surface area contributed by atoms with E-state index >= 15 is 0 Å². The first-order valence-corrected chi connectivity index (χ1v) is 10.5. The monoisotopic (exact) mass is 436 g/mol. The maximum atomic E-state index is 12.8. The highest BCUT2D eigenvalue weighted by Gasteiger charge is 2.42. The van der Waals surface area contributed by atoms with Crippen LogP contribution in [0.3, 0.4) is 0 Å². The first-order valence-electron chi connectivity index (χ1n) is 8.51. The van der Waals surface area contributed by atoms with Gasteiger partial charge in [-0.1, -0.05) is 30.7 Å². The van der Waals surface area contributed by atoms with Crippen molar-refractivity contribution in [3.63, 3.8) is 0 Å². The van der Waals surface area contributed by atoms with Crippen molar-refractivity contribution in [3.05, 3.63) is 58.6 Å². The normalized spacial score (nSPS) is 17.8. The third-order valence-corrected chi connectivity index (χ3v) is 6.57. The highest BCUT2D eigenvalue weighted by molar-refractivity contribution is 7.94. The van der Waals surface area contributed by atoms with Crippen LogP contribution in [0.25, 0.3) is 0 Å². The van der Waals surface area contributed by atoms with Gasteiger partial charge in [0.1, 0.15) is 0 Å². The molecule has 2 aromatic carbocycles. The molecule has 10 heteroatoms. The molecule has 2 amide bonds. The Morgan fingerprint density at radius 1 is 1.17 bits per heavy atom. The van der Waals surface area contributed by atoms with E-state index in [-0.39, 0.29) is 33.3 Å². The van der Waals surface area contributed by atoms with Crippen LogP contribution in [-0.2, 0) is 19.6 Å². The van der Waals surface area contributed by atoms with Crippen molar-refractivity contribution in [3.8, 4) is 0 Å².